The van der Waals surface area contributed by atoms with Crippen LogP contribution in [0, 0.1) is 5.92 Å². The van der Waals surface area contributed by atoms with Crippen LogP contribution < -0.4 is 5.32 Å². The molecule has 3 saturated heterocycles. The Balaban J connectivity index is 1.68. The van der Waals surface area contributed by atoms with E-state index in [9.17, 15) is 0 Å². The molecule has 0 amide bonds. The predicted octanol–water partition coefficient (Wildman–Crippen LogP) is 2.26. The average Bonchev–Trinajstić information content (AvgIpc) is 3.20. The molecule has 3 aliphatic heterocycles. The molecule has 0 aromatic carbocycles. The summed E-state index contributed by atoms with van der Waals surface area (Å²) in [7, 11) is 2.26. The van der Waals surface area contributed by atoms with Crippen LogP contribution >= 0.6 is 0 Å². The van der Waals surface area contributed by atoms with Crippen molar-refractivity contribution in [3.05, 3.63) is 0 Å². The number of piperidine rings is 2. The van der Waals surface area contributed by atoms with Crippen molar-refractivity contribution in [1.82, 2.24) is 20.0 Å². The first kappa shape index (κ1) is 21.8. The van der Waals surface area contributed by atoms with Gasteiger partial charge in [0.25, 0.3) is 0 Å². The monoisotopic (exact) mass is 393 g/mol. The number of nitrogens with one attached hydrogen (secondary N) is 1. The maximum atomic E-state index is 5.67. The molecule has 0 radical (unpaired) electrons. The van der Waals surface area contributed by atoms with E-state index in [0.717, 1.165) is 45.4 Å². The van der Waals surface area contributed by atoms with Gasteiger partial charge < -0.3 is 19.9 Å². The van der Waals surface area contributed by atoms with Gasteiger partial charge in [-0.3, -0.25) is 9.89 Å². The summed E-state index contributed by atoms with van der Waals surface area (Å²) < 4.78 is 5.67. The Hall–Kier alpha value is -0.850. The molecule has 0 bridgehead atoms. The molecule has 0 aromatic heterocycles. The summed E-state index contributed by atoms with van der Waals surface area (Å²) in [6.45, 7) is 14.9. The fourth-order valence-corrected chi connectivity index (χ4v) is 5.07. The van der Waals surface area contributed by atoms with Crippen LogP contribution in [0.25, 0.3) is 0 Å². The van der Waals surface area contributed by atoms with E-state index in [4.69, 9.17) is 9.73 Å². The molecule has 1 unspecified atom stereocenters. The first-order valence-electron chi connectivity index (χ1n) is 11.7. The lowest BCUT2D eigenvalue weighted by atomic mass is 9.84. The van der Waals surface area contributed by atoms with E-state index < -0.39 is 0 Å². The molecule has 3 aliphatic rings. The van der Waals surface area contributed by atoms with E-state index in [1.54, 1.807) is 0 Å². The fourth-order valence-electron chi connectivity index (χ4n) is 5.07. The Morgan fingerprint density at radius 2 is 1.82 bits per heavy atom. The van der Waals surface area contributed by atoms with Crippen LogP contribution in [0.2, 0.25) is 0 Å². The van der Waals surface area contributed by atoms with Gasteiger partial charge in [0.15, 0.2) is 5.96 Å². The number of rotatable bonds is 7. The van der Waals surface area contributed by atoms with Crippen LogP contribution in [0.5, 0.6) is 0 Å². The number of ether oxygens (including phenoxy) is 1. The number of likely N-dealkylation sites (tertiary alicyclic amines) is 3. The first-order valence-corrected chi connectivity index (χ1v) is 11.7. The topological polar surface area (TPSA) is 43.3 Å². The summed E-state index contributed by atoms with van der Waals surface area (Å²) >= 11 is 0. The van der Waals surface area contributed by atoms with E-state index in [1.165, 1.54) is 64.7 Å². The molecule has 6 nitrogen and oxygen atoms in total. The van der Waals surface area contributed by atoms with Crippen LogP contribution in [0.4, 0.5) is 0 Å². The highest BCUT2D eigenvalue weighted by Crippen LogP contribution is 2.32. The average molecular weight is 394 g/mol. The second-order valence-electron chi connectivity index (χ2n) is 9.01. The zero-order valence-electron chi connectivity index (χ0n) is 18.6. The van der Waals surface area contributed by atoms with E-state index in [2.05, 4.69) is 40.9 Å². The third-order valence-corrected chi connectivity index (χ3v) is 6.95. The number of aliphatic imine (C=N–C) groups is 1. The highest BCUT2D eigenvalue weighted by atomic mass is 16.5. The van der Waals surface area contributed by atoms with Crippen molar-refractivity contribution in [2.24, 2.45) is 10.9 Å². The highest BCUT2D eigenvalue weighted by Gasteiger charge is 2.39. The van der Waals surface area contributed by atoms with Crippen LogP contribution in [-0.4, -0.2) is 98.8 Å². The minimum atomic E-state index is 0.262. The molecule has 0 aliphatic carbocycles. The second-order valence-corrected chi connectivity index (χ2v) is 9.01. The summed E-state index contributed by atoms with van der Waals surface area (Å²) in [6, 6.07) is 0. The zero-order valence-corrected chi connectivity index (χ0v) is 18.6. The van der Waals surface area contributed by atoms with Gasteiger partial charge in [0.1, 0.15) is 0 Å². The maximum Gasteiger partial charge on any atom is 0.193 e. The summed E-state index contributed by atoms with van der Waals surface area (Å²) in [4.78, 5) is 13.0. The van der Waals surface area contributed by atoms with Crippen molar-refractivity contribution in [2.75, 3.05) is 72.6 Å². The summed E-state index contributed by atoms with van der Waals surface area (Å²) in [6.07, 6.45) is 7.82. The quantitative estimate of drug-likeness (QED) is 0.531. The molecule has 28 heavy (non-hydrogen) atoms. The van der Waals surface area contributed by atoms with E-state index >= 15 is 0 Å². The predicted molar refractivity (Wildman–Crippen MR) is 117 cm³/mol. The number of guanidine groups is 1. The molecule has 6 heteroatoms. The van der Waals surface area contributed by atoms with E-state index in [0.29, 0.717) is 5.92 Å². The lowest BCUT2D eigenvalue weighted by Gasteiger charge is -2.49. The van der Waals surface area contributed by atoms with Gasteiger partial charge in [0.2, 0.25) is 0 Å². The van der Waals surface area contributed by atoms with Crippen LogP contribution in [0.3, 0.4) is 0 Å². The van der Waals surface area contributed by atoms with E-state index in [-0.39, 0.29) is 5.54 Å². The lowest BCUT2D eigenvalue weighted by Crippen LogP contribution is -2.58. The summed E-state index contributed by atoms with van der Waals surface area (Å²) in [5.74, 6) is 1.76. The van der Waals surface area contributed by atoms with Gasteiger partial charge in [-0.25, -0.2) is 0 Å². The number of hydrogen-bond donors (Lipinski definition) is 1. The highest BCUT2D eigenvalue weighted by molar-refractivity contribution is 5.80. The molecule has 1 atom stereocenters. The Bertz CT molecular complexity index is 483. The van der Waals surface area contributed by atoms with Crippen LogP contribution in [0.15, 0.2) is 4.99 Å². The standard InChI is InChI=1S/C22H43N5O/c1-4-23-21(26-14-9-20(17-26)18-28-5-2)24-19-22(10-15-25(3)16-11-22)27-12-7-6-8-13-27/h20H,4-19H2,1-3H3,(H,23,24). The molecule has 3 fully saturated rings. The zero-order chi connectivity index (χ0) is 19.8. The van der Waals surface area contributed by atoms with Crippen molar-refractivity contribution in [3.63, 3.8) is 0 Å². The van der Waals surface area contributed by atoms with Crippen LogP contribution in [-0.2, 0) is 4.74 Å². The van der Waals surface area contributed by atoms with Gasteiger partial charge in [0.05, 0.1) is 13.2 Å². The van der Waals surface area contributed by atoms with Gasteiger partial charge in [-0.1, -0.05) is 6.42 Å². The molecule has 0 saturated carbocycles. The number of hydrogen-bond acceptors (Lipinski definition) is 4. The Labute approximate surface area is 172 Å². The van der Waals surface area contributed by atoms with Gasteiger partial charge >= 0.3 is 0 Å². The normalized spacial score (nSPS) is 27.3. The van der Waals surface area contributed by atoms with Gasteiger partial charge in [-0.05, 0) is 79.2 Å². The SMILES string of the molecule is CCNC(=NCC1(N2CCCCC2)CCN(C)CC1)N1CCC(COCC)C1. The molecule has 1 N–H and O–H groups in total. The molecule has 3 heterocycles. The fraction of sp³-hybridized carbons (Fsp3) is 0.955. The van der Waals surface area contributed by atoms with Gasteiger partial charge in [-0.2, -0.15) is 0 Å². The van der Waals surface area contributed by atoms with Crippen molar-refractivity contribution >= 4 is 5.96 Å². The molecular formula is C22H43N5O. The largest absolute Gasteiger partial charge is 0.381 e. The maximum absolute atomic E-state index is 5.67. The molecule has 0 spiro atoms. The van der Waals surface area contributed by atoms with Gasteiger partial charge in [0, 0.05) is 37.7 Å². The van der Waals surface area contributed by atoms with E-state index in [1.807, 2.05) is 0 Å². The molecular weight excluding hydrogens is 350 g/mol. The lowest BCUT2D eigenvalue weighted by molar-refractivity contribution is 0.0206. The second kappa shape index (κ2) is 10.8. The minimum absolute atomic E-state index is 0.262. The molecule has 162 valence electrons. The Morgan fingerprint density at radius 1 is 1.07 bits per heavy atom. The Morgan fingerprint density at radius 3 is 2.50 bits per heavy atom. The van der Waals surface area contributed by atoms with Crippen molar-refractivity contribution in [1.29, 1.82) is 0 Å². The summed E-state index contributed by atoms with van der Waals surface area (Å²) in [5.41, 5.74) is 0.262. The minimum Gasteiger partial charge on any atom is -0.381 e. The summed E-state index contributed by atoms with van der Waals surface area (Å²) in [5, 5.41) is 3.58. The Kier molecular flexibility index (Phi) is 8.42. The molecule has 0 aromatic rings. The van der Waals surface area contributed by atoms with Gasteiger partial charge in [-0.15, -0.1) is 0 Å². The third kappa shape index (κ3) is 5.61. The van der Waals surface area contributed by atoms with Crippen molar-refractivity contribution < 1.29 is 4.74 Å². The smallest absolute Gasteiger partial charge is 0.193 e. The first-order chi connectivity index (χ1) is 13.7. The van der Waals surface area contributed by atoms with Crippen LogP contribution in [0.1, 0.15) is 52.4 Å². The number of nitrogens with zero attached hydrogens (tertiary/aromatic N) is 4. The third-order valence-electron chi connectivity index (χ3n) is 6.95. The van der Waals surface area contributed by atoms with Crippen molar-refractivity contribution in [2.45, 2.75) is 57.9 Å². The molecule has 3 rings (SSSR count). The van der Waals surface area contributed by atoms with Crippen molar-refractivity contribution in [3.8, 4) is 0 Å².